The first-order chi connectivity index (χ1) is 19.4. The lowest BCUT2D eigenvalue weighted by Crippen LogP contribution is -2.45. The number of amides is 1. The van der Waals surface area contributed by atoms with Crippen molar-refractivity contribution in [3.8, 4) is 16.9 Å². The van der Waals surface area contributed by atoms with Crippen molar-refractivity contribution in [3.63, 3.8) is 0 Å². The quantitative estimate of drug-likeness (QED) is 0.283. The highest BCUT2D eigenvalue weighted by molar-refractivity contribution is 7.93. The molecule has 40 heavy (non-hydrogen) atoms. The smallest absolute Gasteiger partial charge is 0.282 e. The lowest BCUT2D eigenvalue weighted by Gasteiger charge is -2.34. The number of sulfonamides is 1. The second kappa shape index (κ2) is 11.2. The van der Waals surface area contributed by atoms with Gasteiger partial charge in [0.1, 0.15) is 18.6 Å². The number of hydrogen-bond acceptors (Lipinski definition) is 7. The SMILES string of the molecule is COc1ccc2c(c1-c1ccccc1)C(OCC=O)N(c1ccccc1)N2S(=O)(=O)c1ccc(NC(C)=O)cc1. The van der Waals surface area contributed by atoms with Gasteiger partial charge in [-0.3, -0.25) is 4.79 Å². The number of nitrogens with one attached hydrogen (secondary N) is 1. The minimum absolute atomic E-state index is 0.00148. The number of anilines is 3. The molecule has 1 aliphatic heterocycles. The molecule has 10 heteroatoms. The molecule has 0 aliphatic carbocycles. The molecule has 204 valence electrons. The van der Waals surface area contributed by atoms with E-state index in [0.717, 1.165) is 5.56 Å². The molecule has 1 atom stereocenters. The number of fused-ring (bicyclic) bond motifs is 1. The van der Waals surface area contributed by atoms with Crippen LogP contribution in [0.3, 0.4) is 0 Å². The Labute approximate surface area is 232 Å². The van der Waals surface area contributed by atoms with Crippen LogP contribution in [0.15, 0.2) is 102 Å². The maximum absolute atomic E-state index is 14.4. The largest absolute Gasteiger partial charge is 0.496 e. The molecule has 4 aromatic rings. The fraction of sp³-hybridized carbons (Fsp3) is 0.133. The molecular weight excluding hydrogens is 530 g/mol. The predicted molar refractivity (Wildman–Crippen MR) is 153 cm³/mol. The zero-order chi connectivity index (χ0) is 28.3. The van der Waals surface area contributed by atoms with Crippen molar-refractivity contribution in [1.29, 1.82) is 0 Å². The third-order valence-corrected chi connectivity index (χ3v) is 8.08. The fourth-order valence-electron chi connectivity index (χ4n) is 4.78. The molecule has 4 aromatic carbocycles. The van der Waals surface area contributed by atoms with Gasteiger partial charge in [0.15, 0.2) is 6.23 Å². The summed E-state index contributed by atoms with van der Waals surface area (Å²) in [5, 5.41) is 4.17. The summed E-state index contributed by atoms with van der Waals surface area (Å²) in [6.07, 6.45) is -0.357. The second-order valence-corrected chi connectivity index (χ2v) is 10.7. The van der Waals surface area contributed by atoms with Gasteiger partial charge in [-0.1, -0.05) is 48.5 Å². The highest BCUT2D eigenvalue weighted by atomic mass is 32.2. The third kappa shape index (κ3) is 4.90. The molecule has 1 amide bonds. The Morgan fingerprint density at radius 2 is 1.57 bits per heavy atom. The molecule has 0 radical (unpaired) electrons. The van der Waals surface area contributed by atoms with Crippen LogP contribution in [0.1, 0.15) is 18.7 Å². The first kappa shape index (κ1) is 26.9. The summed E-state index contributed by atoms with van der Waals surface area (Å²) >= 11 is 0. The van der Waals surface area contributed by atoms with E-state index in [4.69, 9.17) is 9.47 Å². The standard InChI is InChI=1S/C30H27N3O6S/c1-21(35)31-23-13-15-25(16-14-23)40(36,37)33-26-17-18-27(38-2)28(22-9-5-3-6-10-22)29(26)30(39-20-19-34)32(33)24-11-7-4-8-12-24/h3-19,30H,20H2,1-2H3,(H,31,35). The van der Waals surface area contributed by atoms with E-state index in [2.05, 4.69) is 5.32 Å². The van der Waals surface area contributed by atoms with Crippen LogP contribution in [0.25, 0.3) is 11.1 Å². The van der Waals surface area contributed by atoms with Gasteiger partial charge >= 0.3 is 0 Å². The molecule has 1 N–H and O–H groups in total. The molecule has 5 rings (SSSR count). The van der Waals surface area contributed by atoms with Crippen molar-refractivity contribution < 1.29 is 27.5 Å². The number of methoxy groups -OCH3 is 1. The number of carbonyl (C=O) groups is 2. The van der Waals surface area contributed by atoms with E-state index in [1.807, 2.05) is 36.4 Å². The average Bonchev–Trinajstić information content (AvgIpc) is 3.31. The van der Waals surface area contributed by atoms with Crippen molar-refractivity contribution in [2.75, 3.05) is 28.5 Å². The minimum atomic E-state index is -4.23. The highest BCUT2D eigenvalue weighted by Gasteiger charge is 2.46. The number of aldehydes is 1. The number of ether oxygens (including phenoxy) is 2. The van der Waals surface area contributed by atoms with Crippen molar-refractivity contribution in [1.82, 2.24) is 0 Å². The zero-order valence-corrected chi connectivity index (χ0v) is 22.7. The van der Waals surface area contributed by atoms with E-state index in [-0.39, 0.29) is 17.4 Å². The van der Waals surface area contributed by atoms with Gasteiger partial charge in [-0.25, -0.2) is 5.01 Å². The van der Waals surface area contributed by atoms with Crippen LogP contribution in [0.2, 0.25) is 0 Å². The Balaban J connectivity index is 1.77. The molecule has 0 bridgehead atoms. The molecule has 1 heterocycles. The van der Waals surface area contributed by atoms with Gasteiger partial charge in [-0.15, -0.1) is 0 Å². The molecule has 0 fully saturated rings. The Hall–Kier alpha value is -4.67. The van der Waals surface area contributed by atoms with Crippen molar-refractivity contribution >= 4 is 39.3 Å². The number of benzene rings is 4. The highest BCUT2D eigenvalue weighted by Crippen LogP contribution is 2.52. The van der Waals surface area contributed by atoms with Gasteiger partial charge in [-0.05, 0) is 54.1 Å². The van der Waals surface area contributed by atoms with Crippen LogP contribution in [0.4, 0.5) is 17.1 Å². The Bertz CT molecular complexity index is 1630. The average molecular weight is 558 g/mol. The van der Waals surface area contributed by atoms with E-state index >= 15 is 0 Å². The number of hydrazine groups is 1. The molecule has 0 saturated heterocycles. The summed E-state index contributed by atoms with van der Waals surface area (Å²) in [6.45, 7) is 1.11. The summed E-state index contributed by atoms with van der Waals surface area (Å²) < 4.78 is 41.8. The summed E-state index contributed by atoms with van der Waals surface area (Å²) in [5.74, 6) is 0.258. The first-order valence-electron chi connectivity index (χ1n) is 12.5. The van der Waals surface area contributed by atoms with Gasteiger partial charge in [-0.2, -0.15) is 12.8 Å². The van der Waals surface area contributed by atoms with Crippen LogP contribution in [0.5, 0.6) is 5.75 Å². The van der Waals surface area contributed by atoms with Crippen LogP contribution < -0.4 is 19.5 Å². The monoisotopic (exact) mass is 557 g/mol. The second-order valence-electron chi connectivity index (χ2n) is 8.93. The maximum Gasteiger partial charge on any atom is 0.282 e. The van der Waals surface area contributed by atoms with Gasteiger partial charge in [0, 0.05) is 23.7 Å². The molecule has 1 aliphatic rings. The molecule has 0 spiro atoms. The molecule has 9 nitrogen and oxygen atoms in total. The van der Waals surface area contributed by atoms with E-state index in [0.29, 0.717) is 40.2 Å². The zero-order valence-electron chi connectivity index (χ0n) is 21.9. The molecule has 1 unspecified atom stereocenters. The Kier molecular flexibility index (Phi) is 7.54. The lowest BCUT2D eigenvalue weighted by molar-refractivity contribution is -0.114. The Morgan fingerprint density at radius 1 is 0.925 bits per heavy atom. The fourth-order valence-corrected chi connectivity index (χ4v) is 6.28. The van der Waals surface area contributed by atoms with E-state index in [9.17, 15) is 18.0 Å². The molecular formula is C30H27N3O6S. The number of rotatable bonds is 9. The van der Waals surface area contributed by atoms with Crippen LogP contribution >= 0.6 is 0 Å². The van der Waals surface area contributed by atoms with E-state index < -0.39 is 16.3 Å². The molecule has 0 aromatic heterocycles. The Morgan fingerprint density at radius 3 is 2.17 bits per heavy atom. The minimum Gasteiger partial charge on any atom is -0.496 e. The van der Waals surface area contributed by atoms with Crippen molar-refractivity contribution in [2.45, 2.75) is 18.0 Å². The van der Waals surface area contributed by atoms with E-state index in [1.165, 1.54) is 40.6 Å². The van der Waals surface area contributed by atoms with Crippen LogP contribution in [0, 0.1) is 0 Å². The first-order valence-corrected chi connectivity index (χ1v) is 13.9. The maximum atomic E-state index is 14.4. The van der Waals surface area contributed by atoms with Gasteiger partial charge in [0.25, 0.3) is 10.0 Å². The number of hydrogen-bond donors (Lipinski definition) is 1. The summed E-state index contributed by atoms with van der Waals surface area (Å²) in [5.41, 5.74) is 3.33. The topological polar surface area (TPSA) is 105 Å². The third-order valence-electron chi connectivity index (χ3n) is 6.38. The van der Waals surface area contributed by atoms with Crippen LogP contribution in [-0.2, 0) is 24.3 Å². The summed E-state index contributed by atoms with van der Waals surface area (Å²) in [4.78, 5) is 22.9. The van der Waals surface area contributed by atoms with Gasteiger partial charge < -0.3 is 19.6 Å². The van der Waals surface area contributed by atoms with Crippen LogP contribution in [-0.4, -0.2) is 34.3 Å². The van der Waals surface area contributed by atoms with E-state index in [1.54, 1.807) is 43.5 Å². The number of carbonyl (C=O) groups excluding carboxylic acids is 2. The number of nitrogens with zero attached hydrogens (tertiary/aromatic N) is 2. The number of para-hydroxylation sites is 1. The van der Waals surface area contributed by atoms with Gasteiger partial charge in [0.05, 0.1) is 23.4 Å². The predicted octanol–water partition coefficient (Wildman–Crippen LogP) is 5.17. The van der Waals surface area contributed by atoms with Gasteiger partial charge in [0.2, 0.25) is 5.91 Å². The van der Waals surface area contributed by atoms with Crippen molar-refractivity contribution in [2.24, 2.45) is 0 Å². The van der Waals surface area contributed by atoms with Crippen molar-refractivity contribution in [3.05, 3.63) is 103 Å². The lowest BCUT2D eigenvalue weighted by atomic mass is 9.96. The normalized spacial score (nSPS) is 14.5. The summed E-state index contributed by atoms with van der Waals surface area (Å²) in [6, 6.07) is 27.7. The molecule has 0 saturated carbocycles. The summed E-state index contributed by atoms with van der Waals surface area (Å²) in [7, 11) is -2.69.